The fraction of sp³-hybridized carbons (Fsp3) is 0.273. The molecule has 1 heterocycles. The average molecular weight is 380 g/mol. The third kappa shape index (κ3) is 5.41. The van der Waals surface area contributed by atoms with E-state index < -0.39 is 0 Å². The predicted molar refractivity (Wildman–Crippen MR) is 113 cm³/mol. The minimum atomic E-state index is 0.0141. The molecule has 0 bridgehead atoms. The predicted octanol–water partition coefficient (Wildman–Crippen LogP) is 4.30. The molecule has 1 amide bonds. The van der Waals surface area contributed by atoms with Crippen molar-refractivity contribution in [2.45, 2.75) is 20.3 Å². The van der Waals surface area contributed by atoms with E-state index >= 15 is 0 Å². The number of hydrogen-bond acceptors (Lipinski definition) is 4. The van der Waals surface area contributed by atoms with Gasteiger partial charge in [0.15, 0.2) is 0 Å². The first-order valence-electron chi connectivity index (χ1n) is 9.24. The molecule has 4 nitrogen and oxygen atoms in total. The summed E-state index contributed by atoms with van der Waals surface area (Å²) in [5, 5.41) is 5.93. The maximum atomic E-state index is 12.3. The van der Waals surface area contributed by atoms with Crippen LogP contribution < -0.4 is 10.2 Å². The summed E-state index contributed by atoms with van der Waals surface area (Å²) in [5.74, 6) is 0.0141. The maximum Gasteiger partial charge on any atom is 0.226 e. The number of amides is 1. The Bertz CT molecular complexity index is 876. The highest BCUT2D eigenvalue weighted by Gasteiger charge is 2.10. The third-order valence-electron chi connectivity index (χ3n) is 4.37. The SMILES string of the molecule is CCN(CCNC(=O)Cc1csc(-c2ccccc2)n1)c1cccc(C)c1. The lowest BCUT2D eigenvalue weighted by atomic mass is 10.2. The highest BCUT2D eigenvalue weighted by atomic mass is 32.1. The van der Waals surface area contributed by atoms with Crippen LogP contribution in [0.1, 0.15) is 18.2 Å². The van der Waals surface area contributed by atoms with Gasteiger partial charge in [-0.25, -0.2) is 4.98 Å². The van der Waals surface area contributed by atoms with Crippen molar-refractivity contribution < 1.29 is 4.79 Å². The van der Waals surface area contributed by atoms with Crippen LogP contribution >= 0.6 is 11.3 Å². The lowest BCUT2D eigenvalue weighted by Crippen LogP contribution is -2.35. The molecule has 3 rings (SSSR count). The van der Waals surface area contributed by atoms with Gasteiger partial charge in [0.1, 0.15) is 5.01 Å². The second-order valence-electron chi connectivity index (χ2n) is 6.46. The molecule has 3 aromatic rings. The van der Waals surface area contributed by atoms with Crippen molar-refractivity contribution in [1.82, 2.24) is 10.3 Å². The molecule has 0 aliphatic carbocycles. The molecule has 140 valence electrons. The van der Waals surface area contributed by atoms with Crippen LogP contribution in [0.5, 0.6) is 0 Å². The highest BCUT2D eigenvalue weighted by molar-refractivity contribution is 7.13. The van der Waals surface area contributed by atoms with Gasteiger partial charge in [-0.05, 0) is 31.5 Å². The molecule has 5 heteroatoms. The minimum absolute atomic E-state index is 0.0141. The Morgan fingerprint density at radius 3 is 2.70 bits per heavy atom. The third-order valence-corrected chi connectivity index (χ3v) is 5.31. The number of thiazole rings is 1. The zero-order chi connectivity index (χ0) is 19.1. The Balaban J connectivity index is 1.49. The highest BCUT2D eigenvalue weighted by Crippen LogP contribution is 2.23. The quantitative estimate of drug-likeness (QED) is 0.634. The van der Waals surface area contributed by atoms with Crippen LogP contribution in [0.3, 0.4) is 0 Å². The van der Waals surface area contributed by atoms with Crippen LogP contribution in [-0.4, -0.2) is 30.5 Å². The van der Waals surface area contributed by atoms with E-state index in [9.17, 15) is 4.79 Å². The summed E-state index contributed by atoms with van der Waals surface area (Å²) >= 11 is 1.58. The van der Waals surface area contributed by atoms with E-state index in [1.54, 1.807) is 11.3 Å². The van der Waals surface area contributed by atoms with E-state index in [1.165, 1.54) is 11.3 Å². The van der Waals surface area contributed by atoms with Gasteiger partial charge < -0.3 is 10.2 Å². The fourth-order valence-corrected chi connectivity index (χ4v) is 3.78. The van der Waals surface area contributed by atoms with Gasteiger partial charge in [-0.2, -0.15) is 0 Å². The number of benzene rings is 2. The van der Waals surface area contributed by atoms with Crippen molar-refractivity contribution in [3.8, 4) is 10.6 Å². The second-order valence-corrected chi connectivity index (χ2v) is 7.31. The van der Waals surface area contributed by atoms with Crippen LogP contribution in [-0.2, 0) is 11.2 Å². The molecular formula is C22H25N3OS. The minimum Gasteiger partial charge on any atom is -0.370 e. The topological polar surface area (TPSA) is 45.2 Å². The Kier molecular flexibility index (Phi) is 6.60. The number of hydrogen-bond donors (Lipinski definition) is 1. The second kappa shape index (κ2) is 9.33. The summed E-state index contributed by atoms with van der Waals surface area (Å²) in [4.78, 5) is 19.1. The summed E-state index contributed by atoms with van der Waals surface area (Å²) in [5.41, 5.74) is 4.35. The standard InChI is InChI=1S/C22H25N3OS/c1-3-25(20-11-7-8-17(2)14-20)13-12-23-21(26)15-19-16-27-22(24-19)18-9-5-4-6-10-18/h4-11,14,16H,3,12-13,15H2,1-2H3,(H,23,26). The monoisotopic (exact) mass is 379 g/mol. The first-order valence-corrected chi connectivity index (χ1v) is 10.1. The normalized spacial score (nSPS) is 10.6. The molecule has 1 N–H and O–H groups in total. The Morgan fingerprint density at radius 2 is 1.96 bits per heavy atom. The van der Waals surface area contributed by atoms with Crippen LogP contribution in [0, 0.1) is 6.92 Å². The van der Waals surface area contributed by atoms with Crippen molar-refractivity contribution in [3.63, 3.8) is 0 Å². The Morgan fingerprint density at radius 1 is 1.15 bits per heavy atom. The largest absolute Gasteiger partial charge is 0.370 e. The average Bonchev–Trinajstić information content (AvgIpc) is 3.14. The van der Waals surface area contributed by atoms with E-state index in [0.29, 0.717) is 13.0 Å². The van der Waals surface area contributed by atoms with Crippen molar-refractivity contribution in [2.24, 2.45) is 0 Å². The first kappa shape index (κ1) is 19.1. The number of aromatic nitrogens is 1. The van der Waals surface area contributed by atoms with E-state index in [1.807, 2.05) is 35.7 Å². The van der Waals surface area contributed by atoms with Crippen molar-refractivity contribution >= 4 is 22.9 Å². The van der Waals surface area contributed by atoms with Gasteiger partial charge in [-0.15, -0.1) is 11.3 Å². The summed E-state index contributed by atoms with van der Waals surface area (Å²) < 4.78 is 0. The number of aryl methyl sites for hydroxylation is 1. The molecule has 0 saturated carbocycles. The maximum absolute atomic E-state index is 12.3. The summed E-state index contributed by atoms with van der Waals surface area (Å²) in [6, 6.07) is 18.5. The summed E-state index contributed by atoms with van der Waals surface area (Å²) in [7, 11) is 0. The van der Waals surface area contributed by atoms with E-state index in [4.69, 9.17) is 0 Å². The van der Waals surface area contributed by atoms with Crippen LogP contribution in [0.4, 0.5) is 5.69 Å². The van der Waals surface area contributed by atoms with Crippen LogP contribution in [0.15, 0.2) is 60.0 Å². The molecule has 27 heavy (non-hydrogen) atoms. The molecule has 0 unspecified atom stereocenters. The number of anilines is 1. The molecule has 1 aromatic heterocycles. The van der Waals surface area contributed by atoms with E-state index in [-0.39, 0.29) is 5.91 Å². The fourth-order valence-electron chi connectivity index (χ4n) is 2.95. The number of nitrogens with zero attached hydrogens (tertiary/aromatic N) is 2. The molecule has 0 aliphatic rings. The van der Waals surface area contributed by atoms with E-state index in [2.05, 4.69) is 53.3 Å². The number of carbonyl (C=O) groups is 1. The summed E-state index contributed by atoms with van der Waals surface area (Å²) in [6.45, 7) is 6.54. The van der Waals surface area contributed by atoms with Gasteiger partial charge >= 0.3 is 0 Å². The summed E-state index contributed by atoms with van der Waals surface area (Å²) in [6.07, 6.45) is 0.319. The number of nitrogens with one attached hydrogen (secondary N) is 1. The Hall–Kier alpha value is -2.66. The molecule has 0 spiro atoms. The van der Waals surface area contributed by atoms with Gasteiger partial charge in [-0.1, -0.05) is 42.5 Å². The van der Waals surface area contributed by atoms with Crippen LogP contribution in [0.25, 0.3) is 10.6 Å². The molecule has 0 aliphatic heterocycles. The lowest BCUT2D eigenvalue weighted by molar-refractivity contribution is -0.120. The van der Waals surface area contributed by atoms with E-state index in [0.717, 1.165) is 29.4 Å². The number of rotatable bonds is 8. The Labute approximate surface area is 164 Å². The molecule has 0 saturated heterocycles. The molecule has 0 fully saturated rings. The molecule has 2 aromatic carbocycles. The lowest BCUT2D eigenvalue weighted by Gasteiger charge is -2.23. The van der Waals surface area contributed by atoms with Gasteiger partial charge in [0.25, 0.3) is 0 Å². The smallest absolute Gasteiger partial charge is 0.226 e. The van der Waals surface area contributed by atoms with Gasteiger partial charge in [0.05, 0.1) is 12.1 Å². The van der Waals surface area contributed by atoms with Crippen molar-refractivity contribution in [3.05, 3.63) is 71.2 Å². The van der Waals surface area contributed by atoms with Gasteiger partial charge in [0, 0.05) is 36.3 Å². The van der Waals surface area contributed by atoms with Gasteiger partial charge in [0.2, 0.25) is 5.91 Å². The van der Waals surface area contributed by atoms with Crippen LogP contribution in [0.2, 0.25) is 0 Å². The van der Waals surface area contributed by atoms with Crippen molar-refractivity contribution in [2.75, 3.05) is 24.5 Å². The zero-order valence-electron chi connectivity index (χ0n) is 15.8. The van der Waals surface area contributed by atoms with Gasteiger partial charge in [-0.3, -0.25) is 4.79 Å². The molecular weight excluding hydrogens is 354 g/mol. The molecule has 0 radical (unpaired) electrons. The first-order chi connectivity index (χ1) is 13.2. The zero-order valence-corrected chi connectivity index (χ0v) is 16.6. The number of carbonyl (C=O) groups excluding carboxylic acids is 1. The number of likely N-dealkylation sites (N-methyl/N-ethyl adjacent to an activating group) is 1. The van der Waals surface area contributed by atoms with Crippen molar-refractivity contribution in [1.29, 1.82) is 0 Å². The molecule has 0 atom stereocenters.